The van der Waals surface area contributed by atoms with Crippen LogP contribution in [0, 0.1) is 6.92 Å². The molecule has 13 heteroatoms. The highest BCUT2D eigenvalue weighted by atomic mass is 32.2. The first-order valence-electron chi connectivity index (χ1n) is 11.5. The van der Waals surface area contributed by atoms with Crippen molar-refractivity contribution in [2.45, 2.75) is 44.6 Å². The number of aromatic nitrogens is 4. The largest absolute Gasteiger partial charge is 0.416 e. The molecule has 37 heavy (non-hydrogen) atoms. The fourth-order valence-electron chi connectivity index (χ4n) is 4.71. The number of hydrogen-bond donors (Lipinski definition) is 2. The van der Waals surface area contributed by atoms with Gasteiger partial charge in [0.2, 0.25) is 0 Å². The molecule has 1 aliphatic heterocycles. The molecule has 0 aliphatic carbocycles. The molecule has 0 spiro atoms. The number of nitrogens with one attached hydrogen (secondary N) is 1. The molecule has 1 saturated heterocycles. The van der Waals surface area contributed by atoms with E-state index >= 15 is 4.39 Å². The Hall–Kier alpha value is -3.48. The summed E-state index contributed by atoms with van der Waals surface area (Å²) in [5, 5.41) is 3.55. The van der Waals surface area contributed by atoms with Gasteiger partial charge in [0.15, 0.2) is 15.5 Å². The summed E-state index contributed by atoms with van der Waals surface area (Å²) in [5.41, 5.74) is 4.15. The van der Waals surface area contributed by atoms with Gasteiger partial charge in [0.25, 0.3) is 0 Å². The van der Waals surface area contributed by atoms with Crippen molar-refractivity contribution in [2.24, 2.45) is 0 Å². The number of halogens is 4. The van der Waals surface area contributed by atoms with Crippen LogP contribution in [-0.2, 0) is 21.7 Å². The number of alkyl halides is 4. The molecular formula is C24H24F4N6O2S. The van der Waals surface area contributed by atoms with E-state index in [1.54, 1.807) is 30.5 Å². The molecule has 3 aromatic heterocycles. The second-order valence-electron chi connectivity index (χ2n) is 9.40. The Kier molecular flexibility index (Phi) is 5.81. The number of nitrogen functional groups attached to an aromatic ring is 1. The van der Waals surface area contributed by atoms with Gasteiger partial charge < -0.3 is 11.1 Å². The number of sulfone groups is 1. The van der Waals surface area contributed by atoms with Crippen molar-refractivity contribution >= 4 is 38.0 Å². The summed E-state index contributed by atoms with van der Waals surface area (Å²) in [7, 11) is -3.32. The quantitative estimate of drug-likeness (QED) is 0.286. The molecule has 1 aromatic carbocycles. The maximum absolute atomic E-state index is 16.2. The van der Waals surface area contributed by atoms with Gasteiger partial charge in [0.05, 0.1) is 28.5 Å². The van der Waals surface area contributed by atoms with Crippen LogP contribution in [-0.4, -0.2) is 39.3 Å². The van der Waals surface area contributed by atoms with E-state index in [9.17, 15) is 21.6 Å². The average Bonchev–Trinajstić information content (AvgIpc) is 3.30. The van der Waals surface area contributed by atoms with E-state index < -0.39 is 33.3 Å². The van der Waals surface area contributed by atoms with Crippen LogP contribution in [0.5, 0.6) is 0 Å². The lowest BCUT2D eigenvalue weighted by Crippen LogP contribution is -2.34. The molecule has 3 N–H and O–H groups in total. The van der Waals surface area contributed by atoms with Gasteiger partial charge in [-0.2, -0.15) is 13.2 Å². The number of fused-ring (bicyclic) bond motifs is 3. The Bertz CT molecular complexity index is 1620. The van der Waals surface area contributed by atoms with Crippen LogP contribution < -0.4 is 11.1 Å². The lowest BCUT2D eigenvalue weighted by molar-refractivity contribution is -0.137. The van der Waals surface area contributed by atoms with Gasteiger partial charge in [-0.3, -0.25) is 4.40 Å². The third-order valence-corrected chi connectivity index (χ3v) is 8.35. The monoisotopic (exact) mass is 536 g/mol. The van der Waals surface area contributed by atoms with E-state index in [1.807, 2.05) is 0 Å². The highest BCUT2D eigenvalue weighted by Crippen LogP contribution is 2.42. The minimum absolute atomic E-state index is 0.0313. The minimum atomic E-state index is -4.56. The van der Waals surface area contributed by atoms with Gasteiger partial charge in [-0.05, 0) is 56.5 Å². The fourth-order valence-corrected chi connectivity index (χ4v) is 6.19. The molecule has 1 fully saturated rings. The third-order valence-electron chi connectivity index (χ3n) is 6.70. The maximum Gasteiger partial charge on any atom is 0.416 e. The first-order chi connectivity index (χ1) is 17.3. The number of anilines is 2. The second kappa shape index (κ2) is 8.54. The molecule has 4 aromatic rings. The van der Waals surface area contributed by atoms with E-state index in [0.29, 0.717) is 28.1 Å². The normalized spacial score (nSPS) is 18.2. The van der Waals surface area contributed by atoms with E-state index in [2.05, 4.69) is 20.3 Å². The highest BCUT2D eigenvalue weighted by molar-refractivity contribution is 7.91. The van der Waals surface area contributed by atoms with Crippen molar-refractivity contribution < 1.29 is 26.0 Å². The summed E-state index contributed by atoms with van der Waals surface area (Å²) < 4.78 is 81.8. The first kappa shape index (κ1) is 25.2. The van der Waals surface area contributed by atoms with E-state index in [0.717, 1.165) is 12.1 Å². The van der Waals surface area contributed by atoms with Crippen LogP contribution in [0.3, 0.4) is 0 Å². The van der Waals surface area contributed by atoms with Crippen LogP contribution in [0.2, 0.25) is 0 Å². The molecule has 0 bridgehead atoms. The molecule has 1 aliphatic rings. The fraction of sp³-hybridized carbons (Fsp3) is 0.375. The van der Waals surface area contributed by atoms with Crippen molar-refractivity contribution in [3.05, 3.63) is 59.2 Å². The Morgan fingerprint density at radius 2 is 1.81 bits per heavy atom. The number of nitrogens with zero attached hydrogens (tertiary/aromatic N) is 4. The molecule has 1 atom stereocenters. The van der Waals surface area contributed by atoms with Gasteiger partial charge in [0, 0.05) is 23.6 Å². The highest BCUT2D eigenvalue weighted by Gasteiger charge is 2.41. The maximum atomic E-state index is 16.2. The van der Waals surface area contributed by atoms with Crippen LogP contribution >= 0.6 is 0 Å². The Balaban J connectivity index is 1.63. The number of imidazole rings is 1. The minimum Gasteiger partial charge on any atom is -0.399 e. The lowest BCUT2D eigenvalue weighted by Gasteiger charge is -2.30. The van der Waals surface area contributed by atoms with Crippen LogP contribution in [0.1, 0.15) is 48.3 Å². The van der Waals surface area contributed by atoms with E-state index in [-0.39, 0.29) is 41.4 Å². The molecule has 196 valence electrons. The summed E-state index contributed by atoms with van der Waals surface area (Å²) in [4.78, 5) is 13.3. The summed E-state index contributed by atoms with van der Waals surface area (Å²) in [6.45, 7) is 3.33. The molecule has 8 nitrogen and oxygen atoms in total. The van der Waals surface area contributed by atoms with Crippen LogP contribution in [0.25, 0.3) is 16.7 Å². The first-order valence-corrected chi connectivity index (χ1v) is 13.4. The van der Waals surface area contributed by atoms with Crippen LogP contribution in [0.15, 0.2) is 36.7 Å². The Morgan fingerprint density at radius 1 is 1.11 bits per heavy atom. The standard InChI is InChI=1S/C24H24F4N6O2S/c1-13(15-9-16(24(26,27)28)11-17(29)10-15)31-20-18-12-19(23(25)3-7-37(35,36)8-4-23)22-30-5-6-34(22)21(18)33-14(2)32-20/h5-6,9-13H,3-4,7-8,29H2,1-2H3,(H,31,32,33)/t13-/m1/s1. The summed E-state index contributed by atoms with van der Waals surface area (Å²) in [5.74, 6) is 0.109. The zero-order chi connectivity index (χ0) is 26.8. The van der Waals surface area contributed by atoms with Crippen molar-refractivity contribution in [1.29, 1.82) is 0 Å². The molecule has 0 amide bonds. The Morgan fingerprint density at radius 3 is 2.49 bits per heavy atom. The number of nitrogens with two attached hydrogens (primary N) is 1. The number of rotatable bonds is 4. The van der Waals surface area contributed by atoms with Gasteiger partial charge in [0.1, 0.15) is 23.0 Å². The third kappa shape index (κ3) is 4.67. The zero-order valence-electron chi connectivity index (χ0n) is 20.0. The lowest BCUT2D eigenvalue weighted by atomic mass is 9.90. The number of hydrogen-bond acceptors (Lipinski definition) is 7. The summed E-state index contributed by atoms with van der Waals surface area (Å²) in [6.07, 6.45) is -1.86. The van der Waals surface area contributed by atoms with Crippen molar-refractivity contribution in [1.82, 2.24) is 19.4 Å². The van der Waals surface area contributed by atoms with Gasteiger partial charge in [-0.15, -0.1) is 0 Å². The smallest absolute Gasteiger partial charge is 0.399 e. The number of aryl methyl sites for hydroxylation is 1. The number of pyridine rings is 1. The topological polar surface area (TPSA) is 115 Å². The second-order valence-corrected chi connectivity index (χ2v) is 11.7. The van der Waals surface area contributed by atoms with Crippen molar-refractivity contribution in [2.75, 3.05) is 22.6 Å². The molecule has 0 unspecified atom stereocenters. The predicted molar refractivity (Wildman–Crippen MR) is 132 cm³/mol. The molecular weight excluding hydrogens is 512 g/mol. The Labute approximate surface area is 209 Å². The SMILES string of the molecule is Cc1nc(N[C@H](C)c2cc(N)cc(C(F)(F)F)c2)c2cc(C3(F)CCS(=O)(=O)CC3)c3nccn3c2n1. The van der Waals surface area contributed by atoms with Gasteiger partial charge in [-0.1, -0.05) is 0 Å². The summed E-state index contributed by atoms with van der Waals surface area (Å²) in [6, 6.07) is 4.24. The zero-order valence-corrected chi connectivity index (χ0v) is 20.8. The molecule has 0 saturated carbocycles. The van der Waals surface area contributed by atoms with Crippen molar-refractivity contribution in [3.8, 4) is 0 Å². The predicted octanol–water partition coefficient (Wildman–Crippen LogP) is 4.73. The van der Waals surface area contributed by atoms with E-state index in [4.69, 9.17) is 5.73 Å². The molecule has 5 rings (SSSR count). The van der Waals surface area contributed by atoms with Crippen LogP contribution in [0.4, 0.5) is 29.1 Å². The van der Waals surface area contributed by atoms with Gasteiger partial charge >= 0.3 is 6.18 Å². The van der Waals surface area contributed by atoms with Crippen molar-refractivity contribution in [3.63, 3.8) is 0 Å². The van der Waals surface area contributed by atoms with Gasteiger partial charge in [-0.25, -0.2) is 27.8 Å². The molecule has 0 radical (unpaired) electrons. The molecule has 4 heterocycles. The van der Waals surface area contributed by atoms with E-state index in [1.165, 1.54) is 12.3 Å². The number of benzene rings is 1. The average molecular weight is 537 g/mol. The summed E-state index contributed by atoms with van der Waals surface area (Å²) >= 11 is 0.